The van der Waals surface area contributed by atoms with Gasteiger partial charge in [0.15, 0.2) is 0 Å². The number of halogens is 2. The van der Waals surface area contributed by atoms with E-state index >= 15 is 0 Å². The quantitative estimate of drug-likeness (QED) is 0.862. The molecule has 1 aliphatic rings. The number of carbonyl (C=O) groups excluding carboxylic acids is 1. The van der Waals surface area contributed by atoms with E-state index in [1.165, 1.54) is 0 Å². The average molecular weight is 288 g/mol. The van der Waals surface area contributed by atoms with Crippen LogP contribution in [0.5, 0.6) is 0 Å². The zero-order chi connectivity index (χ0) is 13.1. The van der Waals surface area contributed by atoms with Crippen LogP contribution >= 0.6 is 23.2 Å². The number of carbonyl (C=O) groups is 1. The Morgan fingerprint density at radius 3 is 2.56 bits per heavy atom. The summed E-state index contributed by atoms with van der Waals surface area (Å²) < 4.78 is 0. The van der Waals surface area contributed by atoms with E-state index in [-0.39, 0.29) is 6.03 Å². The van der Waals surface area contributed by atoms with Crippen molar-refractivity contribution < 1.29 is 4.79 Å². The standard InChI is InChI=1S/C12H15Cl2N3O/c1-16-5-7-17(8-6-16)12(18)15-10-4-2-3-9(13)11(10)14/h2-4H,5-8H2,1H3,(H,15,18). The highest BCUT2D eigenvalue weighted by molar-refractivity contribution is 6.43. The summed E-state index contributed by atoms with van der Waals surface area (Å²) in [5, 5.41) is 3.60. The van der Waals surface area contributed by atoms with Crippen molar-refractivity contribution in [1.82, 2.24) is 9.80 Å². The molecule has 0 spiro atoms. The molecule has 1 N–H and O–H groups in total. The Bertz CT molecular complexity index is 445. The van der Waals surface area contributed by atoms with E-state index in [2.05, 4.69) is 10.2 Å². The minimum Gasteiger partial charge on any atom is -0.322 e. The zero-order valence-electron chi connectivity index (χ0n) is 10.1. The Morgan fingerprint density at radius 2 is 1.89 bits per heavy atom. The SMILES string of the molecule is CN1CCN(C(=O)Nc2cccc(Cl)c2Cl)CC1. The van der Waals surface area contributed by atoms with E-state index in [0.29, 0.717) is 15.7 Å². The van der Waals surface area contributed by atoms with Crippen molar-refractivity contribution in [2.24, 2.45) is 0 Å². The number of amides is 2. The molecule has 1 saturated heterocycles. The van der Waals surface area contributed by atoms with E-state index in [4.69, 9.17) is 23.2 Å². The van der Waals surface area contributed by atoms with Gasteiger partial charge in [-0.1, -0.05) is 29.3 Å². The highest BCUT2D eigenvalue weighted by Crippen LogP contribution is 2.29. The number of benzene rings is 1. The first-order valence-electron chi connectivity index (χ1n) is 5.76. The van der Waals surface area contributed by atoms with Gasteiger partial charge in [0.25, 0.3) is 0 Å². The Balaban J connectivity index is 2.01. The van der Waals surface area contributed by atoms with E-state index in [0.717, 1.165) is 26.2 Å². The minimum atomic E-state index is -0.132. The van der Waals surface area contributed by atoms with Crippen LogP contribution in [0.2, 0.25) is 10.0 Å². The van der Waals surface area contributed by atoms with Crippen molar-refractivity contribution in [3.63, 3.8) is 0 Å². The van der Waals surface area contributed by atoms with Crippen molar-refractivity contribution in [2.45, 2.75) is 0 Å². The highest BCUT2D eigenvalue weighted by Gasteiger charge is 2.19. The molecule has 0 radical (unpaired) electrons. The number of nitrogens with one attached hydrogen (secondary N) is 1. The summed E-state index contributed by atoms with van der Waals surface area (Å²) in [5.41, 5.74) is 0.549. The van der Waals surface area contributed by atoms with E-state index in [9.17, 15) is 4.79 Å². The monoisotopic (exact) mass is 287 g/mol. The summed E-state index contributed by atoms with van der Waals surface area (Å²) in [7, 11) is 2.04. The Labute approximate surface area is 116 Å². The van der Waals surface area contributed by atoms with Crippen molar-refractivity contribution in [3.8, 4) is 0 Å². The Kier molecular flexibility index (Phi) is 4.32. The minimum absolute atomic E-state index is 0.132. The topological polar surface area (TPSA) is 35.6 Å². The first kappa shape index (κ1) is 13.5. The van der Waals surface area contributed by atoms with Gasteiger partial charge in [-0.2, -0.15) is 0 Å². The van der Waals surface area contributed by atoms with Gasteiger partial charge in [-0.25, -0.2) is 4.79 Å². The fourth-order valence-corrected chi connectivity index (χ4v) is 2.15. The molecule has 2 rings (SSSR count). The lowest BCUT2D eigenvalue weighted by atomic mass is 10.3. The third-order valence-corrected chi connectivity index (χ3v) is 3.80. The number of hydrogen-bond acceptors (Lipinski definition) is 2. The van der Waals surface area contributed by atoms with E-state index in [1.807, 2.05) is 7.05 Å². The average Bonchev–Trinajstić information content (AvgIpc) is 2.36. The maximum absolute atomic E-state index is 12.0. The summed E-state index contributed by atoms with van der Waals surface area (Å²) in [6.07, 6.45) is 0. The van der Waals surface area contributed by atoms with Crippen molar-refractivity contribution in [3.05, 3.63) is 28.2 Å². The highest BCUT2D eigenvalue weighted by atomic mass is 35.5. The normalized spacial score (nSPS) is 16.7. The maximum atomic E-state index is 12.0. The van der Waals surface area contributed by atoms with Gasteiger partial charge in [0.05, 0.1) is 15.7 Å². The number of anilines is 1. The lowest BCUT2D eigenvalue weighted by Crippen LogP contribution is -2.48. The molecule has 2 amide bonds. The number of rotatable bonds is 1. The van der Waals surface area contributed by atoms with E-state index < -0.39 is 0 Å². The Morgan fingerprint density at radius 1 is 1.22 bits per heavy atom. The van der Waals surface area contributed by atoms with Crippen LogP contribution in [0, 0.1) is 0 Å². The van der Waals surface area contributed by atoms with Crippen LogP contribution in [-0.2, 0) is 0 Å². The molecule has 0 saturated carbocycles. The zero-order valence-corrected chi connectivity index (χ0v) is 11.6. The third-order valence-electron chi connectivity index (χ3n) is 2.98. The summed E-state index contributed by atoms with van der Waals surface area (Å²) >= 11 is 11.9. The molecule has 1 fully saturated rings. The second kappa shape index (κ2) is 5.78. The van der Waals surface area contributed by atoms with Gasteiger partial charge in [-0.05, 0) is 19.2 Å². The Hall–Kier alpha value is -0.970. The number of piperazine rings is 1. The van der Waals surface area contributed by atoms with Crippen LogP contribution in [-0.4, -0.2) is 49.1 Å². The van der Waals surface area contributed by atoms with Crippen LogP contribution in [0.3, 0.4) is 0 Å². The molecule has 0 bridgehead atoms. The van der Waals surface area contributed by atoms with Crippen LogP contribution in [0.1, 0.15) is 0 Å². The molecule has 1 aromatic rings. The molecule has 0 aliphatic carbocycles. The van der Waals surface area contributed by atoms with Crippen LogP contribution in [0.4, 0.5) is 10.5 Å². The number of urea groups is 1. The predicted molar refractivity (Wildman–Crippen MR) is 74.6 cm³/mol. The second-order valence-electron chi connectivity index (χ2n) is 4.32. The third kappa shape index (κ3) is 3.07. The summed E-state index contributed by atoms with van der Waals surface area (Å²) in [5.74, 6) is 0. The first-order chi connectivity index (χ1) is 8.58. The molecular weight excluding hydrogens is 273 g/mol. The van der Waals surface area contributed by atoms with Gasteiger partial charge in [0.2, 0.25) is 0 Å². The molecule has 0 atom stereocenters. The molecule has 1 aliphatic heterocycles. The molecule has 6 heteroatoms. The van der Waals surface area contributed by atoms with Crippen LogP contribution < -0.4 is 5.32 Å². The molecule has 4 nitrogen and oxygen atoms in total. The molecule has 18 heavy (non-hydrogen) atoms. The number of likely N-dealkylation sites (N-methyl/N-ethyl adjacent to an activating group) is 1. The van der Waals surface area contributed by atoms with Crippen LogP contribution in [0.25, 0.3) is 0 Å². The van der Waals surface area contributed by atoms with Gasteiger partial charge in [0.1, 0.15) is 0 Å². The van der Waals surface area contributed by atoms with Gasteiger partial charge < -0.3 is 15.1 Å². The smallest absolute Gasteiger partial charge is 0.321 e. The van der Waals surface area contributed by atoms with Gasteiger partial charge in [0, 0.05) is 26.2 Å². The van der Waals surface area contributed by atoms with E-state index in [1.54, 1.807) is 23.1 Å². The molecule has 1 heterocycles. The van der Waals surface area contributed by atoms with Gasteiger partial charge in [-0.3, -0.25) is 0 Å². The molecule has 0 unspecified atom stereocenters. The second-order valence-corrected chi connectivity index (χ2v) is 5.11. The molecule has 0 aromatic heterocycles. The lowest BCUT2D eigenvalue weighted by Gasteiger charge is -2.32. The van der Waals surface area contributed by atoms with Crippen LogP contribution in [0.15, 0.2) is 18.2 Å². The maximum Gasteiger partial charge on any atom is 0.321 e. The fourth-order valence-electron chi connectivity index (χ4n) is 1.80. The summed E-state index contributed by atoms with van der Waals surface area (Å²) in [4.78, 5) is 16.0. The van der Waals surface area contributed by atoms with Crippen molar-refractivity contribution in [2.75, 3.05) is 38.5 Å². The fraction of sp³-hybridized carbons (Fsp3) is 0.417. The summed E-state index contributed by atoms with van der Waals surface area (Å²) in [6.45, 7) is 3.22. The largest absolute Gasteiger partial charge is 0.322 e. The lowest BCUT2D eigenvalue weighted by molar-refractivity contribution is 0.164. The number of nitrogens with zero attached hydrogens (tertiary/aromatic N) is 2. The van der Waals surface area contributed by atoms with Gasteiger partial charge in [-0.15, -0.1) is 0 Å². The molecule has 98 valence electrons. The molecule has 1 aromatic carbocycles. The number of hydrogen-bond donors (Lipinski definition) is 1. The van der Waals surface area contributed by atoms with Crippen molar-refractivity contribution in [1.29, 1.82) is 0 Å². The van der Waals surface area contributed by atoms with Gasteiger partial charge >= 0.3 is 6.03 Å². The predicted octanol–water partition coefficient (Wildman–Crippen LogP) is 2.77. The first-order valence-corrected chi connectivity index (χ1v) is 6.52. The van der Waals surface area contributed by atoms with Crippen molar-refractivity contribution >= 4 is 34.9 Å². The molecular formula is C12H15Cl2N3O. The summed E-state index contributed by atoms with van der Waals surface area (Å²) in [6, 6.07) is 5.05.